The van der Waals surface area contributed by atoms with Crippen molar-refractivity contribution in [3.05, 3.63) is 130 Å². The Kier molecular flexibility index (Phi) is 7.48. The number of alkyl halides is 3. The van der Waals surface area contributed by atoms with Crippen LogP contribution in [0.2, 0.25) is 5.02 Å². The predicted octanol–water partition coefficient (Wildman–Crippen LogP) is 7.93. The van der Waals surface area contributed by atoms with Crippen molar-refractivity contribution in [1.29, 1.82) is 0 Å². The van der Waals surface area contributed by atoms with E-state index in [0.29, 0.717) is 23.4 Å². The highest BCUT2D eigenvalue weighted by Gasteiger charge is 2.34. The highest BCUT2D eigenvalue weighted by molar-refractivity contribution is 6.31. The first-order chi connectivity index (χ1) is 18.7. The van der Waals surface area contributed by atoms with Gasteiger partial charge in [-0.15, -0.1) is 0 Å². The summed E-state index contributed by atoms with van der Waals surface area (Å²) in [5, 5.41) is 3.17. The Morgan fingerprint density at radius 3 is 2.49 bits per heavy atom. The second-order valence-corrected chi connectivity index (χ2v) is 9.61. The van der Waals surface area contributed by atoms with Crippen LogP contribution in [0.5, 0.6) is 0 Å². The number of hydrogen-bond acceptors (Lipinski definition) is 2. The molecular formula is C30H23ClF4N2O2. The smallest absolute Gasteiger partial charge is 0.417 e. The quantitative estimate of drug-likeness (QED) is 0.198. The summed E-state index contributed by atoms with van der Waals surface area (Å²) in [4.78, 5) is 13.1. The first-order valence-electron chi connectivity index (χ1n) is 12.2. The van der Waals surface area contributed by atoms with Gasteiger partial charge in [-0.05, 0) is 59.2 Å². The molecule has 1 amide bonds. The van der Waals surface area contributed by atoms with Gasteiger partial charge in [0.05, 0.1) is 23.4 Å². The summed E-state index contributed by atoms with van der Waals surface area (Å²) in [7, 11) is 0. The zero-order valence-electron chi connectivity index (χ0n) is 20.5. The number of para-hydroxylation sites is 1. The van der Waals surface area contributed by atoms with Crippen molar-refractivity contribution in [2.45, 2.75) is 31.6 Å². The molecule has 0 bridgehead atoms. The Morgan fingerprint density at radius 2 is 1.77 bits per heavy atom. The average molecular weight is 555 g/mol. The van der Waals surface area contributed by atoms with Gasteiger partial charge >= 0.3 is 6.18 Å². The number of rotatable bonds is 8. The molecule has 0 aliphatic rings. The van der Waals surface area contributed by atoms with Gasteiger partial charge in [-0.25, -0.2) is 4.39 Å². The summed E-state index contributed by atoms with van der Waals surface area (Å²) in [6.45, 7) is 0.561. The molecule has 2 aromatic heterocycles. The van der Waals surface area contributed by atoms with E-state index in [1.165, 1.54) is 30.5 Å². The van der Waals surface area contributed by atoms with Gasteiger partial charge in [-0.1, -0.05) is 48.0 Å². The third-order valence-corrected chi connectivity index (χ3v) is 6.92. The summed E-state index contributed by atoms with van der Waals surface area (Å²) in [5.74, 6) is -0.850. The Balaban J connectivity index is 1.57. The SMILES string of the molecule is O=C(C[C@H](c1ccc(Cl)c(C(F)(F)F)c1)c1cn(Cc2ccc(F)cc2)c2ccccc12)NCc1ccco1. The number of nitrogens with zero attached hydrogens (tertiary/aromatic N) is 1. The van der Waals surface area contributed by atoms with Crippen LogP contribution in [0.15, 0.2) is 95.7 Å². The van der Waals surface area contributed by atoms with Gasteiger partial charge in [-0.3, -0.25) is 4.79 Å². The molecule has 3 aromatic carbocycles. The van der Waals surface area contributed by atoms with Crippen LogP contribution in [0.4, 0.5) is 17.6 Å². The zero-order chi connectivity index (χ0) is 27.6. The van der Waals surface area contributed by atoms with Crippen LogP contribution < -0.4 is 5.32 Å². The highest BCUT2D eigenvalue weighted by Crippen LogP contribution is 2.40. The summed E-state index contributed by atoms with van der Waals surface area (Å²) in [5.41, 5.74) is 1.73. The van der Waals surface area contributed by atoms with Crippen LogP contribution in [0.3, 0.4) is 0 Å². The summed E-state index contributed by atoms with van der Waals surface area (Å²) in [6, 6.07) is 20.8. The van der Waals surface area contributed by atoms with E-state index in [-0.39, 0.29) is 24.7 Å². The number of furan rings is 1. The van der Waals surface area contributed by atoms with E-state index in [1.807, 2.05) is 35.0 Å². The van der Waals surface area contributed by atoms with Crippen molar-refractivity contribution in [2.24, 2.45) is 0 Å². The van der Waals surface area contributed by atoms with E-state index in [1.54, 1.807) is 24.3 Å². The monoisotopic (exact) mass is 554 g/mol. The summed E-state index contributed by atoms with van der Waals surface area (Å²) < 4.78 is 61.9. The molecule has 0 aliphatic heterocycles. The van der Waals surface area contributed by atoms with E-state index in [9.17, 15) is 22.4 Å². The third kappa shape index (κ3) is 6.01. The van der Waals surface area contributed by atoms with Crippen molar-refractivity contribution in [2.75, 3.05) is 0 Å². The molecule has 4 nitrogen and oxygen atoms in total. The standard InChI is InChI=1S/C30H23ClF4N2O2/c31-27-12-9-20(14-26(27)30(33,34)35)24(15-29(38)36-16-22-4-3-13-39-22)25-18-37(28-6-2-1-5-23(25)28)17-19-7-10-21(32)11-8-19/h1-14,18,24H,15-17H2,(H,36,38)/t24-/m1/s1. The zero-order valence-corrected chi connectivity index (χ0v) is 21.3. The number of aromatic nitrogens is 1. The molecule has 0 unspecified atom stereocenters. The van der Waals surface area contributed by atoms with Crippen molar-refractivity contribution >= 4 is 28.4 Å². The largest absolute Gasteiger partial charge is 0.467 e. The Bertz CT molecular complexity index is 1590. The van der Waals surface area contributed by atoms with Crippen molar-refractivity contribution in [3.8, 4) is 0 Å². The van der Waals surface area contributed by atoms with Gasteiger partial charge in [0.1, 0.15) is 11.6 Å². The number of halogens is 5. The minimum Gasteiger partial charge on any atom is -0.467 e. The molecule has 1 atom stereocenters. The van der Waals surface area contributed by atoms with Gasteiger partial charge in [0.15, 0.2) is 0 Å². The number of carbonyl (C=O) groups is 1. The van der Waals surface area contributed by atoms with Crippen LogP contribution in [-0.4, -0.2) is 10.5 Å². The maximum absolute atomic E-state index is 13.8. The van der Waals surface area contributed by atoms with Crippen LogP contribution in [-0.2, 0) is 24.1 Å². The molecule has 0 spiro atoms. The lowest BCUT2D eigenvalue weighted by atomic mass is 9.87. The number of carbonyl (C=O) groups excluding carboxylic acids is 1. The average Bonchev–Trinajstić information content (AvgIpc) is 3.56. The molecule has 0 saturated carbocycles. The fourth-order valence-electron chi connectivity index (χ4n) is 4.71. The van der Waals surface area contributed by atoms with Crippen molar-refractivity contribution < 1.29 is 26.8 Å². The predicted molar refractivity (Wildman–Crippen MR) is 141 cm³/mol. The Labute approximate surface area is 226 Å². The second-order valence-electron chi connectivity index (χ2n) is 9.21. The Hall–Kier alpha value is -4.04. The third-order valence-electron chi connectivity index (χ3n) is 6.59. The minimum absolute atomic E-state index is 0.107. The van der Waals surface area contributed by atoms with E-state index in [2.05, 4.69) is 5.32 Å². The molecule has 39 heavy (non-hydrogen) atoms. The fourth-order valence-corrected chi connectivity index (χ4v) is 4.94. The molecule has 9 heteroatoms. The van der Waals surface area contributed by atoms with E-state index < -0.39 is 22.7 Å². The molecule has 2 heterocycles. The van der Waals surface area contributed by atoms with E-state index in [4.69, 9.17) is 16.0 Å². The molecule has 200 valence electrons. The molecular weight excluding hydrogens is 532 g/mol. The maximum atomic E-state index is 13.8. The normalized spacial score (nSPS) is 12.5. The number of fused-ring (bicyclic) bond motifs is 1. The van der Waals surface area contributed by atoms with Crippen molar-refractivity contribution in [3.63, 3.8) is 0 Å². The lowest BCUT2D eigenvalue weighted by Gasteiger charge is -2.19. The fraction of sp³-hybridized carbons (Fsp3) is 0.167. The molecule has 0 radical (unpaired) electrons. The first-order valence-corrected chi connectivity index (χ1v) is 12.5. The molecule has 1 N–H and O–H groups in total. The second kappa shape index (κ2) is 11.0. The molecule has 0 aliphatic carbocycles. The molecule has 0 saturated heterocycles. The van der Waals surface area contributed by atoms with Crippen LogP contribution in [0, 0.1) is 5.82 Å². The van der Waals surface area contributed by atoms with Gasteiger partial charge in [0.25, 0.3) is 0 Å². The molecule has 5 aromatic rings. The number of benzene rings is 3. The molecule has 5 rings (SSSR count). The highest BCUT2D eigenvalue weighted by atomic mass is 35.5. The van der Waals surface area contributed by atoms with Gasteiger partial charge in [0, 0.05) is 36.0 Å². The van der Waals surface area contributed by atoms with E-state index >= 15 is 0 Å². The number of nitrogens with one attached hydrogen (secondary N) is 1. The van der Waals surface area contributed by atoms with Crippen molar-refractivity contribution in [1.82, 2.24) is 9.88 Å². The first kappa shape index (κ1) is 26.6. The van der Waals surface area contributed by atoms with Crippen LogP contribution >= 0.6 is 11.6 Å². The lowest BCUT2D eigenvalue weighted by molar-refractivity contribution is -0.137. The minimum atomic E-state index is -4.66. The maximum Gasteiger partial charge on any atom is 0.417 e. The van der Waals surface area contributed by atoms with Gasteiger partial charge in [0.2, 0.25) is 5.91 Å². The Morgan fingerprint density at radius 1 is 1.00 bits per heavy atom. The van der Waals surface area contributed by atoms with Gasteiger partial charge in [-0.2, -0.15) is 13.2 Å². The number of hydrogen-bond donors (Lipinski definition) is 1. The van der Waals surface area contributed by atoms with Gasteiger partial charge < -0.3 is 14.3 Å². The lowest BCUT2D eigenvalue weighted by Crippen LogP contribution is -2.25. The van der Waals surface area contributed by atoms with E-state index in [0.717, 1.165) is 22.5 Å². The topological polar surface area (TPSA) is 47.2 Å². The number of amides is 1. The van der Waals surface area contributed by atoms with Crippen LogP contribution in [0.1, 0.15) is 40.4 Å². The summed E-state index contributed by atoms with van der Waals surface area (Å²) in [6.07, 6.45) is -1.42. The van der Waals surface area contributed by atoms with Crippen LogP contribution in [0.25, 0.3) is 10.9 Å². The summed E-state index contributed by atoms with van der Waals surface area (Å²) >= 11 is 5.90. The molecule has 0 fully saturated rings.